The van der Waals surface area contributed by atoms with E-state index in [2.05, 4.69) is 5.32 Å². The van der Waals surface area contributed by atoms with Crippen LogP contribution >= 0.6 is 0 Å². The second-order valence-corrected chi connectivity index (χ2v) is 4.57. The van der Waals surface area contributed by atoms with Crippen LogP contribution in [0.25, 0.3) is 0 Å². The highest BCUT2D eigenvalue weighted by Crippen LogP contribution is 2.19. The summed E-state index contributed by atoms with van der Waals surface area (Å²) in [6, 6.07) is 5.31. The molecule has 0 saturated heterocycles. The van der Waals surface area contributed by atoms with Crippen molar-refractivity contribution in [1.82, 2.24) is 5.32 Å². The summed E-state index contributed by atoms with van der Waals surface area (Å²) in [5.41, 5.74) is 7.15. The maximum absolute atomic E-state index is 11.8. The van der Waals surface area contributed by atoms with Crippen LogP contribution in [0.5, 0.6) is 0 Å². The minimum atomic E-state index is -1.37. The summed E-state index contributed by atoms with van der Waals surface area (Å²) in [6.45, 7) is 1.84. The van der Waals surface area contributed by atoms with Crippen molar-refractivity contribution in [2.45, 2.75) is 11.8 Å². The van der Waals surface area contributed by atoms with E-state index >= 15 is 0 Å². The van der Waals surface area contributed by atoms with Crippen LogP contribution in [-0.4, -0.2) is 22.9 Å². The molecule has 1 aromatic rings. The fourth-order valence-electron chi connectivity index (χ4n) is 1.12. The van der Waals surface area contributed by atoms with E-state index in [0.717, 1.165) is 5.56 Å². The summed E-state index contributed by atoms with van der Waals surface area (Å²) in [5.74, 6) is -0.307. The average molecular weight is 226 g/mol. The normalized spacial score (nSPS) is 12.1. The van der Waals surface area contributed by atoms with Gasteiger partial charge in [0.15, 0.2) is 0 Å². The fourth-order valence-corrected chi connectivity index (χ4v) is 2.30. The van der Waals surface area contributed by atoms with E-state index in [-0.39, 0.29) is 11.7 Å². The van der Waals surface area contributed by atoms with Gasteiger partial charge in [0.05, 0.1) is 21.4 Å². The summed E-state index contributed by atoms with van der Waals surface area (Å²) in [5, 5.41) is 2.43. The molecule has 0 saturated carbocycles. The highest BCUT2D eigenvalue weighted by molar-refractivity contribution is 7.86. The third-order valence-corrected chi connectivity index (χ3v) is 3.44. The molecule has 15 heavy (non-hydrogen) atoms. The molecule has 1 unspecified atom stereocenters. The molecule has 3 N–H and O–H groups in total. The summed E-state index contributed by atoms with van der Waals surface area (Å²) < 4.78 is 11.8. The van der Waals surface area contributed by atoms with Gasteiger partial charge in [0.25, 0.3) is 0 Å². The number of hydrogen-bond donors (Lipinski definition) is 2. The highest BCUT2D eigenvalue weighted by Gasteiger charge is 2.12. The van der Waals surface area contributed by atoms with Gasteiger partial charge in [0, 0.05) is 7.05 Å². The largest absolute Gasteiger partial charge is 0.398 e. The van der Waals surface area contributed by atoms with Crippen molar-refractivity contribution in [3.63, 3.8) is 0 Å². The van der Waals surface area contributed by atoms with Crippen molar-refractivity contribution in [1.29, 1.82) is 0 Å². The SMILES string of the molecule is CNC(=O)CS(=O)c1cccc(C)c1N. The van der Waals surface area contributed by atoms with Gasteiger partial charge < -0.3 is 11.1 Å². The number of para-hydroxylation sites is 1. The number of hydrogen-bond acceptors (Lipinski definition) is 3. The maximum atomic E-state index is 11.8. The quantitative estimate of drug-likeness (QED) is 0.734. The van der Waals surface area contributed by atoms with Crippen LogP contribution in [0.2, 0.25) is 0 Å². The van der Waals surface area contributed by atoms with Crippen molar-refractivity contribution in [3.8, 4) is 0 Å². The lowest BCUT2D eigenvalue weighted by Crippen LogP contribution is -2.24. The van der Waals surface area contributed by atoms with Gasteiger partial charge in [0.2, 0.25) is 5.91 Å². The van der Waals surface area contributed by atoms with Crippen LogP contribution in [0.4, 0.5) is 5.69 Å². The first-order chi connectivity index (χ1) is 7.06. The Morgan fingerprint density at radius 2 is 2.20 bits per heavy atom. The van der Waals surface area contributed by atoms with Gasteiger partial charge in [-0.15, -0.1) is 0 Å². The average Bonchev–Trinajstić information content (AvgIpc) is 2.21. The van der Waals surface area contributed by atoms with Crippen LogP contribution in [0.15, 0.2) is 23.1 Å². The Bertz CT molecular complexity index is 404. The van der Waals surface area contributed by atoms with E-state index in [4.69, 9.17) is 5.73 Å². The summed E-state index contributed by atoms with van der Waals surface area (Å²) in [4.78, 5) is 11.6. The predicted octanol–water partition coefficient (Wildman–Crippen LogP) is 0.431. The zero-order valence-electron chi connectivity index (χ0n) is 8.74. The van der Waals surface area contributed by atoms with Crippen LogP contribution in [-0.2, 0) is 15.6 Å². The first-order valence-electron chi connectivity index (χ1n) is 4.50. The Morgan fingerprint density at radius 1 is 1.53 bits per heavy atom. The molecule has 0 bridgehead atoms. The minimum absolute atomic E-state index is 0.0514. The molecule has 5 heteroatoms. The van der Waals surface area contributed by atoms with Crippen LogP contribution < -0.4 is 11.1 Å². The standard InChI is InChI=1S/C10H14N2O2S/c1-7-4-3-5-8(10(7)11)15(14)6-9(13)12-2/h3-5H,6,11H2,1-2H3,(H,12,13). The Labute approximate surface area is 91.3 Å². The molecule has 0 aliphatic heterocycles. The van der Waals surface area contributed by atoms with Gasteiger partial charge in [-0.25, -0.2) is 0 Å². The van der Waals surface area contributed by atoms with Crippen LogP contribution in [0.3, 0.4) is 0 Å². The lowest BCUT2D eigenvalue weighted by atomic mass is 10.2. The molecule has 1 amide bonds. The zero-order chi connectivity index (χ0) is 11.4. The third kappa shape index (κ3) is 2.79. The van der Waals surface area contributed by atoms with Crippen molar-refractivity contribution < 1.29 is 9.00 Å². The lowest BCUT2D eigenvalue weighted by Gasteiger charge is -2.07. The number of amides is 1. The number of nitrogen functional groups attached to an aromatic ring is 1. The van der Waals surface area contributed by atoms with E-state index in [1.54, 1.807) is 12.1 Å². The molecule has 0 aliphatic rings. The summed E-state index contributed by atoms with van der Waals surface area (Å²) in [7, 11) is 0.141. The number of aryl methyl sites for hydroxylation is 1. The molecule has 82 valence electrons. The molecule has 0 aliphatic carbocycles. The number of benzene rings is 1. The highest BCUT2D eigenvalue weighted by atomic mass is 32.2. The molecular formula is C10H14N2O2S. The number of rotatable bonds is 3. The smallest absolute Gasteiger partial charge is 0.232 e. The third-order valence-electron chi connectivity index (χ3n) is 2.07. The van der Waals surface area contributed by atoms with E-state index in [0.29, 0.717) is 10.6 Å². The molecule has 1 aromatic carbocycles. The number of nitrogens with two attached hydrogens (primary N) is 1. The number of nitrogens with one attached hydrogen (secondary N) is 1. The van der Waals surface area contributed by atoms with Crippen molar-refractivity contribution in [3.05, 3.63) is 23.8 Å². The van der Waals surface area contributed by atoms with E-state index in [1.165, 1.54) is 7.05 Å². The lowest BCUT2D eigenvalue weighted by molar-refractivity contribution is -0.118. The van der Waals surface area contributed by atoms with Crippen LogP contribution in [0.1, 0.15) is 5.56 Å². The van der Waals surface area contributed by atoms with E-state index in [1.807, 2.05) is 13.0 Å². The number of carbonyl (C=O) groups excluding carboxylic acids is 1. The molecule has 0 spiro atoms. The fraction of sp³-hybridized carbons (Fsp3) is 0.300. The molecule has 1 atom stereocenters. The topological polar surface area (TPSA) is 72.2 Å². The maximum Gasteiger partial charge on any atom is 0.232 e. The first-order valence-corrected chi connectivity index (χ1v) is 5.82. The summed E-state index contributed by atoms with van der Waals surface area (Å²) in [6.07, 6.45) is 0. The Morgan fingerprint density at radius 3 is 2.80 bits per heavy atom. The van der Waals surface area contributed by atoms with Crippen molar-refractivity contribution >= 4 is 22.4 Å². The summed E-state index contributed by atoms with van der Waals surface area (Å²) >= 11 is 0. The minimum Gasteiger partial charge on any atom is -0.398 e. The first kappa shape index (κ1) is 11.7. The molecule has 0 radical (unpaired) electrons. The second kappa shape index (κ2) is 4.93. The van der Waals surface area contributed by atoms with E-state index in [9.17, 15) is 9.00 Å². The van der Waals surface area contributed by atoms with Gasteiger partial charge in [-0.1, -0.05) is 12.1 Å². The van der Waals surface area contributed by atoms with Crippen molar-refractivity contribution in [2.24, 2.45) is 0 Å². The van der Waals surface area contributed by atoms with E-state index < -0.39 is 10.8 Å². The molecule has 0 heterocycles. The van der Waals surface area contributed by atoms with Gasteiger partial charge in [-0.05, 0) is 18.6 Å². The Kier molecular flexibility index (Phi) is 3.85. The molecular weight excluding hydrogens is 212 g/mol. The van der Waals surface area contributed by atoms with Crippen molar-refractivity contribution in [2.75, 3.05) is 18.5 Å². The van der Waals surface area contributed by atoms with Gasteiger partial charge in [-0.3, -0.25) is 9.00 Å². The predicted molar refractivity (Wildman–Crippen MR) is 60.9 cm³/mol. The zero-order valence-corrected chi connectivity index (χ0v) is 9.56. The monoisotopic (exact) mass is 226 g/mol. The molecule has 0 aromatic heterocycles. The van der Waals surface area contributed by atoms with Gasteiger partial charge in [-0.2, -0.15) is 0 Å². The van der Waals surface area contributed by atoms with Gasteiger partial charge >= 0.3 is 0 Å². The Balaban J connectivity index is 2.92. The second-order valence-electron chi connectivity index (χ2n) is 3.15. The van der Waals surface area contributed by atoms with Crippen LogP contribution in [0, 0.1) is 6.92 Å². The molecule has 4 nitrogen and oxygen atoms in total. The molecule has 0 fully saturated rings. The molecule has 1 rings (SSSR count). The van der Waals surface area contributed by atoms with Gasteiger partial charge in [0.1, 0.15) is 5.75 Å². The number of anilines is 1. The Hall–Kier alpha value is -1.36. The number of carbonyl (C=O) groups is 1.